The van der Waals surface area contributed by atoms with Gasteiger partial charge in [0.05, 0.1) is 12.7 Å². The molecule has 2 amide bonds. The van der Waals surface area contributed by atoms with E-state index in [-0.39, 0.29) is 18.1 Å². The fourth-order valence-electron chi connectivity index (χ4n) is 2.03. The van der Waals surface area contributed by atoms with E-state index in [9.17, 15) is 9.59 Å². The molecule has 0 fully saturated rings. The Morgan fingerprint density at radius 1 is 1.28 bits per heavy atom. The van der Waals surface area contributed by atoms with Crippen LogP contribution in [0.2, 0.25) is 0 Å². The van der Waals surface area contributed by atoms with Crippen molar-refractivity contribution >= 4 is 44.8 Å². The molecule has 2 N–H and O–H groups in total. The van der Waals surface area contributed by atoms with E-state index in [1.807, 2.05) is 25.4 Å². The number of nitrogens with zero attached hydrogens (tertiary/aromatic N) is 3. The van der Waals surface area contributed by atoms with E-state index in [1.165, 1.54) is 11.3 Å². The van der Waals surface area contributed by atoms with Crippen LogP contribution in [-0.4, -0.2) is 33.1 Å². The number of nitrogens with one attached hydrogen (secondary N) is 2. The van der Waals surface area contributed by atoms with Gasteiger partial charge in [-0.1, -0.05) is 15.9 Å². The largest absolute Gasteiger partial charge is 0.342 e. The SMILES string of the molecule is Cn1cc(-c2nc(C(=O)NCC(=O)Nc3ccc(Br)cc3)cs2)cn1. The van der Waals surface area contributed by atoms with Crippen molar-refractivity contribution in [3.63, 3.8) is 0 Å². The minimum atomic E-state index is -0.391. The number of hydrogen-bond acceptors (Lipinski definition) is 5. The number of carbonyl (C=O) groups excluding carboxylic acids is 2. The van der Waals surface area contributed by atoms with E-state index in [2.05, 4.69) is 36.6 Å². The third kappa shape index (κ3) is 4.52. The Hall–Kier alpha value is -2.52. The van der Waals surface area contributed by atoms with Gasteiger partial charge < -0.3 is 10.6 Å². The quantitative estimate of drug-likeness (QED) is 0.665. The molecule has 0 aliphatic carbocycles. The summed E-state index contributed by atoms with van der Waals surface area (Å²) in [6.07, 6.45) is 3.51. The molecule has 0 radical (unpaired) electrons. The summed E-state index contributed by atoms with van der Waals surface area (Å²) in [6, 6.07) is 7.18. The van der Waals surface area contributed by atoms with Crippen LogP contribution < -0.4 is 10.6 Å². The van der Waals surface area contributed by atoms with Gasteiger partial charge in [-0.2, -0.15) is 5.10 Å². The van der Waals surface area contributed by atoms with Gasteiger partial charge in [-0.05, 0) is 24.3 Å². The molecule has 0 atom stereocenters. The third-order valence-corrected chi connectivity index (χ3v) is 4.65. The van der Waals surface area contributed by atoms with E-state index >= 15 is 0 Å². The van der Waals surface area contributed by atoms with Crippen molar-refractivity contribution in [3.05, 3.63) is 52.2 Å². The van der Waals surface area contributed by atoms with Gasteiger partial charge in [0.25, 0.3) is 5.91 Å². The lowest BCUT2D eigenvalue weighted by Gasteiger charge is -2.06. The van der Waals surface area contributed by atoms with E-state index in [0.717, 1.165) is 10.0 Å². The molecular weight excluding hydrogens is 406 g/mol. The maximum atomic E-state index is 12.1. The summed E-state index contributed by atoms with van der Waals surface area (Å²) in [5.74, 6) is -0.698. The van der Waals surface area contributed by atoms with Crippen LogP contribution in [0.3, 0.4) is 0 Å². The summed E-state index contributed by atoms with van der Waals surface area (Å²) in [5.41, 5.74) is 1.79. The van der Waals surface area contributed by atoms with Crippen molar-refractivity contribution < 1.29 is 9.59 Å². The molecule has 128 valence electrons. The van der Waals surface area contributed by atoms with Crippen LogP contribution in [0, 0.1) is 0 Å². The summed E-state index contributed by atoms with van der Waals surface area (Å²) < 4.78 is 2.59. The van der Waals surface area contributed by atoms with Gasteiger partial charge >= 0.3 is 0 Å². The maximum Gasteiger partial charge on any atom is 0.271 e. The second kappa shape index (κ2) is 7.58. The highest BCUT2D eigenvalue weighted by molar-refractivity contribution is 9.10. The highest BCUT2D eigenvalue weighted by Gasteiger charge is 2.14. The number of thiazole rings is 1. The Bertz CT molecular complexity index is 903. The molecule has 3 rings (SSSR count). The first kappa shape index (κ1) is 17.3. The number of amides is 2. The van der Waals surface area contributed by atoms with Crippen molar-refractivity contribution in [1.29, 1.82) is 0 Å². The van der Waals surface area contributed by atoms with Crippen molar-refractivity contribution in [3.8, 4) is 10.6 Å². The molecule has 25 heavy (non-hydrogen) atoms. The van der Waals surface area contributed by atoms with Crippen LogP contribution in [0.25, 0.3) is 10.6 Å². The van der Waals surface area contributed by atoms with Gasteiger partial charge in [0, 0.05) is 34.3 Å². The minimum absolute atomic E-state index is 0.130. The molecule has 0 aliphatic heterocycles. The molecule has 0 saturated heterocycles. The smallest absolute Gasteiger partial charge is 0.271 e. The lowest BCUT2D eigenvalue weighted by atomic mass is 10.3. The standard InChI is InChI=1S/C16H14BrN5O2S/c1-22-8-10(6-19-22)16-21-13(9-25-16)15(24)18-7-14(23)20-12-4-2-11(17)3-5-12/h2-6,8-9H,7H2,1H3,(H,18,24)(H,20,23). The number of rotatable bonds is 5. The predicted molar refractivity (Wildman–Crippen MR) is 99.4 cm³/mol. The van der Waals surface area contributed by atoms with E-state index < -0.39 is 5.91 Å². The van der Waals surface area contributed by atoms with Gasteiger partial charge in [-0.15, -0.1) is 11.3 Å². The van der Waals surface area contributed by atoms with E-state index in [1.54, 1.807) is 28.4 Å². The van der Waals surface area contributed by atoms with Gasteiger partial charge in [-0.25, -0.2) is 4.98 Å². The molecule has 9 heteroatoms. The van der Waals surface area contributed by atoms with Crippen LogP contribution in [0.5, 0.6) is 0 Å². The molecular formula is C16H14BrN5O2S. The summed E-state index contributed by atoms with van der Waals surface area (Å²) in [7, 11) is 1.81. The number of halogens is 1. The maximum absolute atomic E-state index is 12.1. The first-order valence-corrected chi connectivity index (χ1v) is 8.97. The average molecular weight is 420 g/mol. The van der Waals surface area contributed by atoms with Crippen LogP contribution in [-0.2, 0) is 11.8 Å². The minimum Gasteiger partial charge on any atom is -0.342 e. The van der Waals surface area contributed by atoms with Crippen LogP contribution in [0.4, 0.5) is 5.69 Å². The van der Waals surface area contributed by atoms with Crippen molar-refractivity contribution in [2.75, 3.05) is 11.9 Å². The Balaban J connectivity index is 1.54. The Morgan fingerprint density at radius 2 is 2.04 bits per heavy atom. The molecule has 0 bridgehead atoms. The first-order chi connectivity index (χ1) is 12.0. The molecule has 0 saturated carbocycles. The molecule has 2 aromatic heterocycles. The normalized spacial score (nSPS) is 10.5. The number of anilines is 1. The predicted octanol–water partition coefficient (Wildman–Crippen LogP) is 2.67. The lowest BCUT2D eigenvalue weighted by molar-refractivity contribution is -0.115. The average Bonchev–Trinajstić information content (AvgIpc) is 3.23. The monoisotopic (exact) mass is 419 g/mol. The van der Waals surface area contributed by atoms with Gasteiger partial charge in [0.15, 0.2) is 0 Å². The summed E-state index contributed by atoms with van der Waals surface area (Å²) in [5, 5.41) is 11.7. The molecule has 0 spiro atoms. The fourth-order valence-corrected chi connectivity index (χ4v) is 3.07. The number of hydrogen-bond donors (Lipinski definition) is 2. The van der Waals surface area contributed by atoms with Crippen molar-refractivity contribution in [1.82, 2.24) is 20.1 Å². The lowest BCUT2D eigenvalue weighted by Crippen LogP contribution is -2.33. The Labute approximate surface area is 156 Å². The van der Waals surface area contributed by atoms with E-state index in [0.29, 0.717) is 10.7 Å². The van der Waals surface area contributed by atoms with Crippen LogP contribution >= 0.6 is 27.3 Å². The molecule has 0 aliphatic rings. The number of aryl methyl sites for hydroxylation is 1. The highest BCUT2D eigenvalue weighted by atomic mass is 79.9. The van der Waals surface area contributed by atoms with E-state index in [4.69, 9.17) is 0 Å². The van der Waals surface area contributed by atoms with Gasteiger partial charge in [0.2, 0.25) is 5.91 Å². The molecule has 7 nitrogen and oxygen atoms in total. The molecule has 0 unspecified atom stereocenters. The zero-order valence-corrected chi connectivity index (χ0v) is 15.6. The Kier molecular flexibility index (Phi) is 5.25. The van der Waals surface area contributed by atoms with Crippen LogP contribution in [0.1, 0.15) is 10.5 Å². The third-order valence-electron chi connectivity index (χ3n) is 3.23. The number of aromatic nitrogens is 3. The number of benzene rings is 1. The molecule has 3 aromatic rings. The van der Waals surface area contributed by atoms with Gasteiger partial charge in [0.1, 0.15) is 10.7 Å². The molecule has 1 aromatic carbocycles. The topological polar surface area (TPSA) is 88.9 Å². The second-order valence-electron chi connectivity index (χ2n) is 5.18. The van der Waals surface area contributed by atoms with Crippen molar-refractivity contribution in [2.24, 2.45) is 7.05 Å². The zero-order chi connectivity index (χ0) is 17.8. The Morgan fingerprint density at radius 3 is 2.72 bits per heavy atom. The summed E-state index contributed by atoms with van der Waals surface area (Å²) in [6.45, 7) is -0.130. The zero-order valence-electron chi connectivity index (χ0n) is 13.2. The highest BCUT2D eigenvalue weighted by Crippen LogP contribution is 2.22. The van der Waals surface area contributed by atoms with Crippen LogP contribution in [0.15, 0.2) is 46.5 Å². The first-order valence-electron chi connectivity index (χ1n) is 7.29. The molecule has 2 heterocycles. The van der Waals surface area contributed by atoms with Gasteiger partial charge in [-0.3, -0.25) is 14.3 Å². The summed E-state index contributed by atoms with van der Waals surface area (Å²) >= 11 is 4.68. The second-order valence-corrected chi connectivity index (χ2v) is 6.95. The fraction of sp³-hybridized carbons (Fsp3) is 0.125. The van der Waals surface area contributed by atoms with Crippen molar-refractivity contribution in [2.45, 2.75) is 0 Å². The number of carbonyl (C=O) groups is 2. The summed E-state index contributed by atoms with van der Waals surface area (Å²) in [4.78, 5) is 28.3.